The lowest BCUT2D eigenvalue weighted by Crippen LogP contribution is -2.36. The zero-order chi connectivity index (χ0) is 9.99. The van der Waals surface area contributed by atoms with Gasteiger partial charge in [0, 0.05) is 0 Å². The monoisotopic (exact) mass is 185 g/mol. The molecule has 0 aromatic rings. The van der Waals surface area contributed by atoms with Gasteiger partial charge in [-0.05, 0) is 17.6 Å². The molecule has 0 aliphatic carbocycles. The van der Waals surface area contributed by atoms with Gasteiger partial charge >= 0.3 is 0 Å². The molecule has 0 saturated carbocycles. The molecule has 12 heavy (non-hydrogen) atoms. The normalized spacial score (nSPS) is 12.1. The molecule has 0 atom stereocenters. The Balaban J connectivity index is 4.85. The van der Waals surface area contributed by atoms with Crippen molar-refractivity contribution < 1.29 is 4.79 Å². The molecule has 0 unspecified atom stereocenters. The molecule has 0 aromatic heterocycles. The van der Waals surface area contributed by atoms with Gasteiger partial charge in [-0.2, -0.15) is 4.99 Å². The molecular formula is C9H15NOS. The number of carbonyl (C=O) groups is 1. The van der Waals surface area contributed by atoms with Crippen molar-refractivity contribution in [2.75, 3.05) is 0 Å². The Bertz CT molecular complexity index is 231. The molecule has 0 saturated heterocycles. The Morgan fingerprint density at radius 2 is 1.67 bits per heavy atom. The molecule has 0 radical (unpaired) electrons. The second kappa shape index (κ2) is 3.46. The first kappa shape index (κ1) is 11.5. The molecule has 0 aromatic carbocycles. The number of amides is 1. The summed E-state index contributed by atoms with van der Waals surface area (Å²) in [7, 11) is 0. The molecule has 0 aliphatic heterocycles. The van der Waals surface area contributed by atoms with Crippen LogP contribution in [0, 0.1) is 10.8 Å². The predicted octanol–water partition coefficient (Wildman–Crippen LogP) is 2.69. The van der Waals surface area contributed by atoms with Gasteiger partial charge in [-0.15, -0.1) is 0 Å². The Kier molecular flexibility index (Phi) is 3.31. The SMILES string of the molecule is CC(C)(C)C(C)(C)C(=O)N=C=S. The van der Waals surface area contributed by atoms with Crippen LogP contribution in [0.2, 0.25) is 0 Å². The maximum absolute atomic E-state index is 11.4. The van der Waals surface area contributed by atoms with Crippen molar-refractivity contribution in [1.82, 2.24) is 0 Å². The van der Waals surface area contributed by atoms with Crippen molar-refractivity contribution in [2.45, 2.75) is 34.6 Å². The summed E-state index contributed by atoms with van der Waals surface area (Å²) >= 11 is 4.38. The molecular weight excluding hydrogens is 170 g/mol. The lowest BCUT2D eigenvalue weighted by atomic mass is 9.69. The van der Waals surface area contributed by atoms with Crippen molar-refractivity contribution in [3.63, 3.8) is 0 Å². The van der Waals surface area contributed by atoms with Gasteiger partial charge in [0.05, 0.1) is 10.6 Å². The second-order valence-corrected chi connectivity index (χ2v) is 4.57. The number of carbonyl (C=O) groups excluding carboxylic acids is 1. The fourth-order valence-corrected chi connectivity index (χ4v) is 0.585. The standard InChI is InChI=1S/C9H15NOS/c1-8(2,3)9(4,5)7(11)10-6-12/h1-5H3. The zero-order valence-electron chi connectivity index (χ0n) is 8.26. The molecule has 0 aliphatic rings. The number of isothiocyanates is 1. The van der Waals surface area contributed by atoms with Gasteiger partial charge in [-0.3, -0.25) is 4.79 Å². The van der Waals surface area contributed by atoms with Crippen LogP contribution in [0.1, 0.15) is 34.6 Å². The van der Waals surface area contributed by atoms with Crippen LogP contribution in [-0.2, 0) is 4.79 Å². The van der Waals surface area contributed by atoms with Gasteiger partial charge in [0.25, 0.3) is 5.91 Å². The highest BCUT2D eigenvalue weighted by Gasteiger charge is 2.39. The Morgan fingerprint density at radius 3 is 1.92 bits per heavy atom. The first-order valence-corrected chi connectivity index (χ1v) is 4.26. The third-order valence-corrected chi connectivity index (χ3v) is 2.65. The Morgan fingerprint density at radius 1 is 1.25 bits per heavy atom. The molecule has 1 amide bonds. The van der Waals surface area contributed by atoms with E-state index in [2.05, 4.69) is 22.4 Å². The predicted molar refractivity (Wildman–Crippen MR) is 53.3 cm³/mol. The van der Waals surface area contributed by atoms with Crippen molar-refractivity contribution in [3.05, 3.63) is 0 Å². The van der Waals surface area contributed by atoms with Gasteiger partial charge in [-0.1, -0.05) is 34.6 Å². The first-order valence-electron chi connectivity index (χ1n) is 3.86. The van der Waals surface area contributed by atoms with E-state index in [9.17, 15) is 4.79 Å². The van der Waals surface area contributed by atoms with E-state index in [1.165, 1.54) is 0 Å². The lowest BCUT2D eigenvalue weighted by Gasteiger charge is -2.35. The smallest absolute Gasteiger partial charge is 0.260 e. The van der Waals surface area contributed by atoms with Crippen LogP contribution in [0.5, 0.6) is 0 Å². The fraction of sp³-hybridized carbons (Fsp3) is 0.778. The molecule has 2 nitrogen and oxygen atoms in total. The molecule has 0 N–H and O–H groups in total. The van der Waals surface area contributed by atoms with E-state index in [1.807, 2.05) is 34.6 Å². The average molecular weight is 185 g/mol. The highest BCUT2D eigenvalue weighted by atomic mass is 32.1. The van der Waals surface area contributed by atoms with Crippen molar-refractivity contribution in [2.24, 2.45) is 15.8 Å². The van der Waals surface area contributed by atoms with Crippen LogP contribution in [-0.4, -0.2) is 11.1 Å². The van der Waals surface area contributed by atoms with E-state index in [-0.39, 0.29) is 11.3 Å². The zero-order valence-corrected chi connectivity index (χ0v) is 9.08. The quantitative estimate of drug-likeness (QED) is 0.464. The van der Waals surface area contributed by atoms with E-state index in [0.717, 1.165) is 0 Å². The van der Waals surface area contributed by atoms with Crippen LogP contribution in [0.15, 0.2) is 4.99 Å². The number of rotatable bonds is 1. The average Bonchev–Trinajstić information content (AvgIpc) is 1.85. The summed E-state index contributed by atoms with van der Waals surface area (Å²) in [5, 5.41) is 2.10. The summed E-state index contributed by atoms with van der Waals surface area (Å²) < 4.78 is 0. The maximum Gasteiger partial charge on any atom is 0.260 e. The van der Waals surface area contributed by atoms with Gasteiger partial charge < -0.3 is 0 Å². The molecule has 68 valence electrons. The maximum atomic E-state index is 11.4. The largest absolute Gasteiger partial charge is 0.271 e. The van der Waals surface area contributed by atoms with Gasteiger partial charge in [0.15, 0.2) is 0 Å². The topological polar surface area (TPSA) is 29.4 Å². The Hall–Kier alpha value is -0.530. The summed E-state index contributed by atoms with van der Waals surface area (Å²) in [4.78, 5) is 14.9. The minimum Gasteiger partial charge on any atom is -0.271 e. The molecule has 3 heteroatoms. The van der Waals surface area contributed by atoms with E-state index in [0.29, 0.717) is 0 Å². The Labute approximate surface area is 79.1 Å². The van der Waals surface area contributed by atoms with E-state index < -0.39 is 5.41 Å². The minimum atomic E-state index is -0.487. The summed E-state index contributed by atoms with van der Waals surface area (Å²) in [6.07, 6.45) is 0. The third kappa shape index (κ3) is 2.23. The molecule has 0 fully saturated rings. The number of hydrogen-bond acceptors (Lipinski definition) is 2. The summed E-state index contributed by atoms with van der Waals surface area (Å²) in [6, 6.07) is 0. The molecule has 0 spiro atoms. The summed E-state index contributed by atoms with van der Waals surface area (Å²) in [6.45, 7) is 9.74. The summed E-state index contributed by atoms with van der Waals surface area (Å²) in [5.74, 6) is -0.204. The highest BCUT2D eigenvalue weighted by Crippen LogP contribution is 2.38. The van der Waals surface area contributed by atoms with Gasteiger partial charge in [0.1, 0.15) is 0 Å². The molecule has 0 bridgehead atoms. The lowest BCUT2D eigenvalue weighted by molar-refractivity contribution is -0.130. The number of hydrogen-bond donors (Lipinski definition) is 0. The van der Waals surface area contributed by atoms with E-state index in [1.54, 1.807) is 0 Å². The van der Waals surface area contributed by atoms with Crippen LogP contribution in [0.4, 0.5) is 0 Å². The van der Waals surface area contributed by atoms with Crippen LogP contribution in [0.3, 0.4) is 0 Å². The van der Waals surface area contributed by atoms with E-state index >= 15 is 0 Å². The van der Waals surface area contributed by atoms with Crippen molar-refractivity contribution >= 4 is 23.3 Å². The number of aliphatic imine (C=N–C) groups is 1. The highest BCUT2D eigenvalue weighted by molar-refractivity contribution is 7.78. The fourth-order valence-electron chi connectivity index (χ4n) is 0.502. The third-order valence-electron chi connectivity index (χ3n) is 2.56. The number of nitrogens with zero attached hydrogens (tertiary/aromatic N) is 1. The second-order valence-electron chi connectivity index (χ2n) is 4.38. The first-order chi connectivity index (χ1) is 5.23. The van der Waals surface area contributed by atoms with Gasteiger partial charge in [-0.25, -0.2) is 0 Å². The summed E-state index contributed by atoms with van der Waals surface area (Å²) in [5.41, 5.74) is -0.599. The molecule has 0 heterocycles. The van der Waals surface area contributed by atoms with Crippen LogP contribution in [0.25, 0.3) is 0 Å². The minimum absolute atomic E-state index is 0.111. The van der Waals surface area contributed by atoms with Gasteiger partial charge in [0.2, 0.25) is 0 Å². The molecule has 0 rings (SSSR count). The van der Waals surface area contributed by atoms with Crippen LogP contribution < -0.4 is 0 Å². The number of thiocarbonyl (C=S) groups is 1. The van der Waals surface area contributed by atoms with Crippen LogP contribution >= 0.6 is 12.2 Å². The van der Waals surface area contributed by atoms with Crippen molar-refractivity contribution in [1.29, 1.82) is 0 Å². The van der Waals surface area contributed by atoms with E-state index in [4.69, 9.17) is 0 Å². The van der Waals surface area contributed by atoms with Crippen molar-refractivity contribution in [3.8, 4) is 0 Å².